The lowest BCUT2D eigenvalue weighted by molar-refractivity contribution is -0.138. The molecule has 3 atom stereocenters. The second-order valence-electron chi connectivity index (χ2n) is 4.37. The third-order valence-corrected chi connectivity index (χ3v) is 2.99. The highest BCUT2D eigenvalue weighted by atomic mass is 16.4. The van der Waals surface area contributed by atoms with Gasteiger partial charge < -0.3 is 10.2 Å². The molecule has 1 saturated carbocycles. The zero-order valence-electron chi connectivity index (χ0n) is 9.43. The van der Waals surface area contributed by atoms with Crippen molar-refractivity contribution in [1.82, 2.24) is 0 Å². The van der Waals surface area contributed by atoms with E-state index in [1.807, 2.05) is 0 Å². The summed E-state index contributed by atoms with van der Waals surface area (Å²) in [5.74, 6) is -0.902. The average molecular weight is 226 g/mol. The molecule has 1 fully saturated rings. The van der Waals surface area contributed by atoms with Gasteiger partial charge in [0.2, 0.25) is 0 Å². The van der Waals surface area contributed by atoms with Crippen LogP contribution in [0.3, 0.4) is 0 Å². The average Bonchev–Trinajstić information content (AvgIpc) is 2.48. The van der Waals surface area contributed by atoms with Gasteiger partial charge in [-0.2, -0.15) is 0 Å². The van der Waals surface area contributed by atoms with Crippen LogP contribution in [-0.2, 0) is 9.59 Å². The second-order valence-corrected chi connectivity index (χ2v) is 4.37. The summed E-state index contributed by atoms with van der Waals surface area (Å²) in [6.45, 7) is 1.64. The molecule has 0 aliphatic heterocycles. The van der Waals surface area contributed by atoms with Gasteiger partial charge >= 0.3 is 5.97 Å². The molecule has 0 saturated heterocycles. The zero-order chi connectivity index (χ0) is 12.1. The van der Waals surface area contributed by atoms with Gasteiger partial charge in [0.25, 0.3) is 0 Å². The molecule has 0 aromatic carbocycles. The maximum absolute atomic E-state index is 11.6. The number of rotatable bonds is 5. The van der Waals surface area contributed by atoms with E-state index in [1.165, 1.54) is 0 Å². The molecule has 0 aromatic heterocycles. The fourth-order valence-corrected chi connectivity index (χ4v) is 2.19. The highest BCUT2D eigenvalue weighted by molar-refractivity contribution is 5.84. The van der Waals surface area contributed by atoms with E-state index in [2.05, 4.69) is 0 Å². The van der Waals surface area contributed by atoms with Crippen molar-refractivity contribution in [3.05, 3.63) is 12.2 Å². The fourth-order valence-electron chi connectivity index (χ4n) is 2.19. The lowest BCUT2D eigenvalue weighted by atomic mass is 9.89. The van der Waals surface area contributed by atoms with E-state index in [9.17, 15) is 9.59 Å². The van der Waals surface area contributed by atoms with Gasteiger partial charge in [-0.3, -0.25) is 9.59 Å². The maximum Gasteiger partial charge on any atom is 0.303 e. The van der Waals surface area contributed by atoms with E-state index in [0.29, 0.717) is 19.3 Å². The van der Waals surface area contributed by atoms with E-state index in [4.69, 9.17) is 10.2 Å². The normalized spacial score (nSPS) is 27.5. The number of hydrogen-bond donors (Lipinski definition) is 2. The van der Waals surface area contributed by atoms with Crippen molar-refractivity contribution in [1.29, 1.82) is 0 Å². The number of aliphatic hydroxyl groups excluding tert-OH is 1. The molecule has 2 N–H and O–H groups in total. The van der Waals surface area contributed by atoms with Crippen LogP contribution in [0.1, 0.15) is 32.6 Å². The number of carboxylic acids is 1. The van der Waals surface area contributed by atoms with Crippen LogP contribution in [0.5, 0.6) is 0 Å². The third-order valence-electron chi connectivity index (χ3n) is 2.99. The molecule has 0 radical (unpaired) electrons. The van der Waals surface area contributed by atoms with E-state index in [-0.39, 0.29) is 24.0 Å². The monoisotopic (exact) mass is 226 g/mol. The smallest absolute Gasteiger partial charge is 0.303 e. The van der Waals surface area contributed by atoms with Crippen molar-refractivity contribution in [2.75, 3.05) is 0 Å². The Balaban J connectivity index is 2.53. The van der Waals surface area contributed by atoms with Gasteiger partial charge in [0.15, 0.2) is 0 Å². The van der Waals surface area contributed by atoms with Crippen molar-refractivity contribution in [3.8, 4) is 0 Å². The Morgan fingerprint density at radius 2 is 2.31 bits per heavy atom. The van der Waals surface area contributed by atoms with Crippen LogP contribution in [-0.4, -0.2) is 28.1 Å². The number of carbonyl (C=O) groups is 2. The number of allylic oxidation sites excluding steroid dienone is 1. The summed E-state index contributed by atoms with van der Waals surface area (Å²) in [5.41, 5.74) is 0. The first-order chi connectivity index (χ1) is 7.50. The molecular formula is C12H18O4. The second kappa shape index (κ2) is 5.80. The van der Waals surface area contributed by atoms with Crippen molar-refractivity contribution in [3.63, 3.8) is 0 Å². The van der Waals surface area contributed by atoms with E-state index in [0.717, 1.165) is 0 Å². The first-order valence-corrected chi connectivity index (χ1v) is 5.60. The quantitative estimate of drug-likeness (QED) is 0.694. The first kappa shape index (κ1) is 12.9. The van der Waals surface area contributed by atoms with Crippen LogP contribution in [0.4, 0.5) is 0 Å². The van der Waals surface area contributed by atoms with Crippen LogP contribution in [0.25, 0.3) is 0 Å². The summed E-state index contributed by atoms with van der Waals surface area (Å²) in [6.07, 6.45) is 4.66. The Bertz CT molecular complexity index is 293. The summed E-state index contributed by atoms with van der Waals surface area (Å²) < 4.78 is 0. The van der Waals surface area contributed by atoms with Gasteiger partial charge in [0, 0.05) is 18.8 Å². The van der Waals surface area contributed by atoms with Crippen molar-refractivity contribution in [2.45, 2.75) is 38.7 Å². The topological polar surface area (TPSA) is 74.6 Å². The minimum absolute atomic E-state index is 0.0383. The van der Waals surface area contributed by atoms with Crippen molar-refractivity contribution < 1.29 is 19.8 Å². The van der Waals surface area contributed by atoms with Crippen LogP contribution in [0.15, 0.2) is 12.2 Å². The molecule has 4 heteroatoms. The summed E-state index contributed by atoms with van der Waals surface area (Å²) in [5, 5.41) is 17.8. The summed E-state index contributed by atoms with van der Waals surface area (Å²) >= 11 is 0. The molecule has 0 aromatic rings. The lowest BCUT2D eigenvalue weighted by Crippen LogP contribution is -2.17. The first-order valence-electron chi connectivity index (χ1n) is 5.60. The minimum Gasteiger partial charge on any atom is -0.481 e. The number of carbonyl (C=O) groups excluding carboxylic acids is 1. The SMILES string of the molecule is CC(O)/C=C\CC1C(=O)CCC1CC(=O)O. The molecule has 0 spiro atoms. The molecule has 16 heavy (non-hydrogen) atoms. The number of carboxylic acid groups (broad SMARTS) is 1. The van der Waals surface area contributed by atoms with Gasteiger partial charge in [-0.05, 0) is 25.7 Å². The van der Waals surface area contributed by atoms with Crippen LogP contribution in [0, 0.1) is 11.8 Å². The fraction of sp³-hybridized carbons (Fsp3) is 0.667. The summed E-state index contributed by atoms with van der Waals surface area (Å²) in [4.78, 5) is 22.2. The Labute approximate surface area is 95.0 Å². The Morgan fingerprint density at radius 3 is 2.88 bits per heavy atom. The standard InChI is InChI=1S/C12H18O4/c1-8(13)3-2-4-10-9(7-12(15)16)5-6-11(10)14/h2-3,8-10,13H,4-7H2,1H3,(H,15,16)/b3-2-. The number of aliphatic carboxylic acids is 1. The van der Waals surface area contributed by atoms with E-state index in [1.54, 1.807) is 19.1 Å². The van der Waals surface area contributed by atoms with Crippen LogP contribution < -0.4 is 0 Å². The summed E-state index contributed by atoms with van der Waals surface area (Å²) in [6, 6.07) is 0. The predicted molar refractivity (Wildman–Crippen MR) is 58.9 cm³/mol. The molecule has 0 bridgehead atoms. The van der Waals surface area contributed by atoms with Gasteiger partial charge in [0.05, 0.1) is 6.10 Å². The summed E-state index contributed by atoms with van der Waals surface area (Å²) in [7, 11) is 0. The lowest BCUT2D eigenvalue weighted by Gasteiger charge is -2.14. The van der Waals surface area contributed by atoms with Crippen molar-refractivity contribution in [2.24, 2.45) is 11.8 Å². The van der Waals surface area contributed by atoms with Gasteiger partial charge in [0.1, 0.15) is 5.78 Å². The number of hydrogen-bond acceptors (Lipinski definition) is 3. The molecule has 0 amide bonds. The predicted octanol–water partition coefficient (Wildman–Crippen LogP) is 1.38. The van der Waals surface area contributed by atoms with E-state index < -0.39 is 12.1 Å². The Morgan fingerprint density at radius 1 is 1.62 bits per heavy atom. The number of Topliss-reactive ketones (excluding diaryl/α,β-unsaturated/α-hetero) is 1. The molecule has 1 rings (SSSR count). The van der Waals surface area contributed by atoms with Crippen molar-refractivity contribution >= 4 is 11.8 Å². The number of aliphatic hydroxyl groups is 1. The Hall–Kier alpha value is -1.16. The van der Waals surface area contributed by atoms with Crippen LogP contribution in [0.2, 0.25) is 0 Å². The molecule has 1 aliphatic carbocycles. The highest BCUT2D eigenvalue weighted by Crippen LogP contribution is 2.33. The minimum atomic E-state index is -0.843. The largest absolute Gasteiger partial charge is 0.481 e. The zero-order valence-corrected chi connectivity index (χ0v) is 9.43. The van der Waals surface area contributed by atoms with Gasteiger partial charge in [-0.25, -0.2) is 0 Å². The molecule has 90 valence electrons. The maximum atomic E-state index is 11.6. The van der Waals surface area contributed by atoms with Gasteiger partial charge in [-0.1, -0.05) is 12.2 Å². The molecular weight excluding hydrogens is 208 g/mol. The number of ketones is 1. The third kappa shape index (κ3) is 3.77. The molecule has 1 aliphatic rings. The van der Waals surface area contributed by atoms with E-state index >= 15 is 0 Å². The Kier molecular flexibility index (Phi) is 4.68. The molecule has 0 heterocycles. The molecule has 3 unspecified atom stereocenters. The van der Waals surface area contributed by atoms with Crippen LogP contribution >= 0.6 is 0 Å². The highest BCUT2D eigenvalue weighted by Gasteiger charge is 2.34. The molecule has 4 nitrogen and oxygen atoms in total. The van der Waals surface area contributed by atoms with Gasteiger partial charge in [-0.15, -0.1) is 0 Å².